The fourth-order valence-corrected chi connectivity index (χ4v) is 1.90. The SMILES string of the molecule is NS(=O)(=O)c1cc(F)c(Cl)c(C(=O)NCC(F)F)c1. The number of primary sulfonamides is 1. The van der Waals surface area contributed by atoms with Gasteiger partial charge in [-0.2, -0.15) is 0 Å². The van der Waals surface area contributed by atoms with Gasteiger partial charge in [0.25, 0.3) is 12.3 Å². The molecule has 0 saturated heterocycles. The first-order chi connectivity index (χ1) is 8.62. The Kier molecular flexibility index (Phi) is 4.77. The lowest BCUT2D eigenvalue weighted by molar-refractivity contribution is 0.0891. The monoisotopic (exact) mass is 316 g/mol. The molecule has 1 amide bonds. The molecule has 0 aliphatic carbocycles. The highest BCUT2D eigenvalue weighted by Crippen LogP contribution is 2.24. The van der Waals surface area contributed by atoms with E-state index >= 15 is 0 Å². The van der Waals surface area contributed by atoms with Crippen LogP contribution in [0.4, 0.5) is 13.2 Å². The molecule has 0 unspecified atom stereocenters. The number of sulfonamides is 1. The molecular weight excluding hydrogens is 309 g/mol. The van der Waals surface area contributed by atoms with E-state index in [4.69, 9.17) is 16.7 Å². The fraction of sp³-hybridized carbons (Fsp3) is 0.222. The van der Waals surface area contributed by atoms with Gasteiger partial charge >= 0.3 is 0 Å². The number of carbonyl (C=O) groups is 1. The predicted octanol–water partition coefficient (Wildman–Crippen LogP) is 1.12. The molecule has 0 saturated carbocycles. The Morgan fingerprint density at radius 2 is 2.00 bits per heavy atom. The van der Waals surface area contributed by atoms with Crippen LogP contribution in [0.3, 0.4) is 0 Å². The first kappa shape index (κ1) is 15.7. The second kappa shape index (κ2) is 5.76. The molecular formula is C9H8ClF3N2O3S. The Hall–Kier alpha value is -1.32. The maximum Gasteiger partial charge on any atom is 0.255 e. The Labute approximate surface area is 111 Å². The van der Waals surface area contributed by atoms with E-state index in [1.54, 1.807) is 5.32 Å². The highest BCUT2D eigenvalue weighted by atomic mass is 35.5. The molecule has 0 aliphatic rings. The van der Waals surface area contributed by atoms with Crippen LogP contribution in [-0.4, -0.2) is 27.3 Å². The maximum absolute atomic E-state index is 13.3. The average molecular weight is 317 g/mol. The topological polar surface area (TPSA) is 89.3 Å². The summed E-state index contributed by atoms with van der Waals surface area (Å²) in [5.41, 5.74) is -0.591. The summed E-state index contributed by atoms with van der Waals surface area (Å²) in [6, 6.07) is 1.24. The smallest absolute Gasteiger partial charge is 0.255 e. The van der Waals surface area contributed by atoms with E-state index in [9.17, 15) is 26.4 Å². The number of hydrogen-bond acceptors (Lipinski definition) is 3. The number of benzene rings is 1. The highest BCUT2D eigenvalue weighted by Gasteiger charge is 2.20. The summed E-state index contributed by atoms with van der Waals surface area (Å²) >= 11 is 5.47. The molecule has 0 spiro atoms. The van der Waals surface area contributed by atoms with Crippen LogP contribution in [-0.2, 0) is 10.0 Å². The van der Waals surface area contributed by atoms with Crippen molar-refractivity contribution < 1.29 is 26.4 Å². The summed E-state index contributed by atoms with van der Waals surface area (Å²) in [6.45, 7) is -0.976. The van der Waals surface area contributed by atoms with Crippen molar-refractivity contribution in [1.82, 2.24) is 5.32 Å². The van der Waals surface area contributed by atoms with Gasteiger partial charge < -0.3 is 5.32 Å². The van der Waals surface area contributed by atoms with Crippen molar-refractivity contribution in [2.45, 2.75) is 11.3 Å². The molecule has 0 bridgehead atoms. The van der Waals surface area contributed by atoms with Gasteiger partial charge in [0.05, 0.1) is 22.0 Å². The molecule has 0 heterocycles. The Morgan fingerprint density at radius 3 is 2.47 bits per heavy atom. The third-order valence-electron chi connectivity index (χ3n) is 1.99. The lowest BCUT2D eigenvalue weighted by atomic mass is 10.2. The number of carbonyl (C=O) groups excluding carboxylic acids is 1. The third-order valence-corrected chi connectivity index (χ3v) is 3.27. The second-order valence-corrected chi connectivity index (χ2v) is 5.35. The molecule has 19 heavy (non-hydrogen) atoms. The van der Waals surface area contributed by atoms with E-state index in [2.05, 4.69) is 0 Å². The molecule has 0 fully saturated rings. The van der Waals surface area contributed by atoms with Crippen LogP contribution in [0.15, 0.2) is 17.0 Å². The first-order valence-electron chi connectivity index (χ1n) is 4.71. The summed E-state index contributed by atoms with van der Waals surface area (Å²) in [5, 5.41) is 5.87. The van der Waals surface area contributed by atoms with Gasteiger partial charge in [-0.1, -0.05) is 11.6 Å². The molecule has 0 aliphatic heterocycles. The molecule has 10 heteroatoms. The minimum atomic E-state index is -4.26. The number of halogens is 4. The summed E-state index contributed by atoms with van der Waals surface area (Å²) < 4.78 is 59.3. The van der Waals surface area contributed by atoms with E-state index in [1.807, 2.05) is 0 Å². The van der Waals surface area contributed by atoms with Crippen molar-refractivity contribution in [2.75, 3.05) is 6.54 Å². The van der Waals surface area contributed by atoms with Gasteiger partial charge in [0.1, 0.15) is 5.82 Å². The zero-order valence-electron chi connectivity index (χ0n) is 9.16. The van der Waals surface area contributed by atoms with Crippen LogP contribution in [0.5, 0.6) is 0 Å². The van der Waals surface area contributed by atoms with E-state index in [1.165, 1.54) is 0 Å². The minimum Gasteiger partial charge on any atom is -0.346 e. The molecule has 1 aromatic rings. The van der Waals surface area contributed by atoms with Crippen molar-refractivity contribution in [3.05, 3.63) is 28.5 Å². The van der Waals surface area contributed by atoms with E-state index in [0.717, 1.165) is 0 Å². The number of alkyl halides is 2. The van der Waals surface area contributed by atoms with E-state index < -0.39 is 50.2 Å². The van der Waals surface area contributed by atoms with Gasteiger partial charge in [0, 0.05) is 0 Å². The van der Waals surface area contributed by atoms with Crippen molar-refractivity contribution >= 4 is 27.5 Å². The average Bonchev–Trinajstić information content (AvgIpc) is 2.27. The zero-order chi connectivity index (χ0) is 14.8. The molecule has 5 nitrogen and oxygen atoms in total. The van der Waals surface area contributed by atoms with Crippen molar-refractivity contribution in [2.24, 2.45) is 5.14 Å². The quantitative estimate of drug-likeness (QED) is 0.872. The molecule has 0 aromatic heterocycles. The van der Waals surface area contributed by atoms with E-state index in [-0.39, 0.29) is 0 Å². The lowest BCUT2D eigenvalue weighted by Crippen LogP contribution is -2.29. The zero-order valence-corrected chi connectivity index (χ0v) is 10.7. The third kappa shape index (κ3) is 4.08. The summed E-state index contributed by atoms with van der Waals surface area (Å²) in [7, 11) is -4.26. The number of nitrogens with one attached hydrogen (secondary N) is 1. The minimum absolute atomic E-state index is 0.529. The van der Waals surface area contributed by atoms with Crippen molar-refractivity contribution in [1.29, 1.82) is 0 Å². The molecule has 3 N–H and O–H groups in total. The van der Waals surface area contributed by atoms with Crippen LogP contribution in [0.1, 0.15) is 10.4 Å². The van der Waals surface area contributed by atoms with Crippen molar-refractivity contribution in [3.63, 3.8) is 0 Å². The largest absolute Gasteiger partial charge is 0.346 e. The summed E-state index contributed by atoms with van der Waals surface area (Å²) in [5.74, 6) is -2.33. The van der Waals surface area contributed by atoms with Crippen LogP contribution in [0.25, 0.3) is 0 Å². The van der Waals surface area contributed by atoms with Gasteiger partial charge in [0.15, 0.2) is 0 Å². The van der Waals surface area contributed by atoms with Crippen LogP contribution in [0, 0.1) is 5.82 Å². The molecule has 106 valence electrons. The highest BCUT2D eigenvalue weighted by molar-refractivity contribution is 7.89. The Balaban J connectivity index is 3.20. The predicted molar refractivity (Wildman–Crippen MR) is 61.1 cm³/mol. The van der Waals surface area contributed by atoms with Crippen LogP contribution >= 0.6 is 11.6 Å². The van der Waals surface area contributed by atoms with Crippen LogP contribution in [0.2, 0.25) is 5.02 Å². The second-order valence-electron chi connectivity index (χ2n) is 3.41. The molecule has 0 radical (unpaired) electrons. The van der Waals surface area contributed by atoms with Gasteiger partial charge in [-0.25, -0.2) is 26.7 Å². The lowest BCUT2D eigenvalue weighted by Gasteiger charge is -2.08. The number of nitrogens with two attached hydrogens (primary N) is 1. The fourth-order valence-electron chi connectivity index (χ4n) is 1.16. The van der Waals surface area contributed by atoms with Gasteiger partial charge in [-0.3, -0.25) is 4.79 Å². The van der Waals surface area contributed by atoms with Crippen molar-refractivity contribution in [3.8, 4) is 0 Å². The number of rotatable bonds is 4. The van der Waals surface area contributed by atoms with Gasteiger partial charge in [0.2, 0.25) is 10.0 Å². The maximum atomic E-state index is 13.3. The molecule has 0 atom stereocenters. The molecule has 1 rings (SSSR count). The normalized spacial score (nSPS) is 11.7. The standard InChI is InChI=1S/C9H8ClF3N2O3S/c10-8-5(9(16)15-3-7(12)13)1-4(2-6(8)11)19(14,17)18/h1-2,7H,3H2,(H,15,16)(H2,14,17,18). The van der Waals surface area contributed by atoms with Gasteiger partial charge in [-0.05, 0) is 12.1 Å². The molecule has 1 aromatic carbocycles. The number of hydrogen-bond donors (Lipinski definition) is 2. The van der Waals surface area contributed by atoms with E-state index in [0.29, 0.717) is 12.1 Å². The van der Waals surface area contributed by atoms with Crippen LogP contribution < -0.4 is 10.5 Å². The summed E-state index contributed by atoms with van der Waals surface area (Å²) in [6.07, 6.45) is -2.81. The first-order valence-corrected chi connectivity index (χ1v) is 6.63. The van der Waals surface area contributed by atoms with Gasteiger partial charge in [-0.15, -0.1) is 0 Å². The Bertz CT molecular complexity index is 607. The Morgan fingerprint density at radius 1 is 1.42 bits per heavy atom. The number of amides is 1. The summed E-state index contributed by atoms with van der Waals surface area (Å²) in [4.78, 5) is 10.8.